The predicted octanol–water partition coefficient (Wildman–Crippen LogP) is 10.2. The minimum atomic E-state index is -1.40. The maximum Gasteiger partial charge on any atom is 0.413 e. The molecule has 8 rings (SSSR count). The lowest BCUT2D eigenvalue weighted by Gasteiger charge is -2.49. The van der Waals surface area contributed by atoms with Crippen molar-refractivity contribution in [1.29, 1.82) is 0 Å². The van der Waals surface area contributed by atoms with Gasteiger partial charge in [-0.25, -0.2) is 14.6 Å². The Morgan fingerprint density at radius 3 is 1.87 bits per heavy atom. The molecule has 2 aliphatic rings. The van der Waals surface area contributed by atoms with E-state index in [1.807, 2.05) is 152 Å². The third-order valence-corrected chi connectivity index (χ3v) is 14.2. The molecule has 70 heavy (non-hydrogen) atoms. The van der Waals surface area contributed by atoms with E-state index in [-0.39, 0.29) is 28.0 Å². The summed E-state index contributed by atoms with van der Waals surface area (Å²) in [6, 6.07) is 45.9. The number of thiazole rings is 1. The molecule has 0 radical (unpaired) electrons. The Balaban J connectivity index is 1.15. The van der Waals surface area contributed by atoms with Gasteiger partial charge in [-0.15, -0.1) is 23.1 Å². The van der Waals surface area contributed by atoms with Gasteiger partial charge in [-0.2, -0.15) is 0 Å². The molecule has 0 aliphatic carbocycles. The van der Waals surface area contributed by atoms with Crippen molar-refractivity contribution in [1.82, 2.24) is 15.2 Å². The summed E-state index contributed by atoms with van der Waals surface area (Å²) >= 11 is 3.59. The number of aromatic nitrogens is 1. The number of rotatable bonds is 16. The zero-order valence-electron chi connectivity index (χ0n) is 38.4. The van der Waals surface area contributed by atoms with E-state index in [2.05, 4.69) is 25.9 Å². The van der Waals surface area contributed by atoms with Crippen molar-refractivity contribution in [3.05, 3.63) is 212 Å². The van der Waals surface area contributed by atoms with Crippen LogP contribution in [0.25, 0.3) is 0 Å². The third-order valence-electron chi connectivity index (χ3n) is 10.9. The molecule has 1 saturated heterocycles. The number of amides is 3. The third kappa shape index (κ3) is 11.0. The van der Waals surface area contributed by atoms with Crippen LogP contribution in [-0.4, -0.2) is 73.7 Å². The summed E-state index contributed by atoms with van der Waals surface area (Å²) in [4.78, 5) is 70.1. The summed E-state index contributed by atoms with van der Waals surface area (Å²) in [5, 5.41) is 25.1. The van der Waals surface area contributed by atoms with Crippen molar-refractivity contribution in [3.8, 4) is 0 Å². The molecule has 14 nitrogen and oxygen atoms in total. The lowest BCUT2D eigenvalue weighted by molar-refractivity contribution is -0.154. The number of ether oxygens (including phenoxy) is 2. The van der Waals surface area contributed by atoms with Gasteiger partial charge in [0, 0.05) is 32.7 Å². The fourth-order valence-electron chi connectivity index (χ4n) is 7.74. The Labute approximate surface area is 417 Å². The van der Waals surface area contributed by atoms with E-state index >= 15 is 0 Å². The van der Waals surface area contributed by atoms with Crippen LogP contribution >= 0.6 is 34.9 Å². The van der Waals surface area contributed by atoms with Crippen LogP contribution in [-0.2, 0) is 34.3 Å². The molecule has 2 aliphatic heterocycles. The number of carbonyl (C=O) groups excluding carboxylic acids is 4. The summed E-state index contributed by atoms with van der Waals surface area (Å²) in [6.45, 7) is 6.94. The van der Waals surface area contributed by atoms with Crippen molar-refractivity contribution in [2.75, 3.05) is 11.1 Å². The second-order valence-electron chi connectivity index (χ2n) is 16.9. The van der Waals surface area contributed by atoms with E-state index in [0.29, 0.717) is 27.2 Å². The highest BCUT2D eigenvalue weighted by Crippen LogP contribution is 2.45. The fraction of sp³-hybridized carbons (Fsp3) is 0.189. The number of esters is 1. The van der Waals surface area contributed by atoms with Gasteiger partial charge in [-0.3, -0.25) is 19.8 Å². The monoisotopic (exact) mass is 992 g/mol. The van der Waals surface area contributed by atoms with Crippen LogP contribution in [0, 0.1) is 0 Å². The summed E-state index contributed by atoms with van der Waals surface area (Å²) in [6.07, 6.45) is -0.297. The molecule has 0 saturated carbocycles. The molecule has 1 unspecified atom stereocenters. The van der Waals surface area contributed by atoms with E-state index in [1.165, 1.54) is 34.6 Å². The number of oxime groups is 2. The predicted molar refractivity (Wildman–Crippen MR) is 273 cm³/mol. The number of fused-ring (bicyclic) bond motifs is 1. The molecule has 3 heterocycles. The topological polar surface area (TPSA) is 181 Å². The van der Waals surface area contributed by atoms with Crippen LogP contribution in [0.3, 0.4) is 0 Å². The van der Waals surface area contributed by atoms with E-state index in [1.54, 1.807) is 38.5 Å². The molecule has 1 fully saturated rings. The normalized spacial score (nSPS) is 16.4. The Bertz CT molecular complexity index is 2810. The van der Waals surface area contributed by atoms with Crippen LogP contribution in [0.1, 0.15) is 67.3 Å². The van der Waals surface area contributed by atoms with Gasteiger partial charge in [-0.1, -0.05) is 174 Å². The number of hydrogen-bond donors (Lipinski definition) is 3. The van der Waals surface area contributed by atoms with E-state index in [0.717, 1.165) is 22.5 Å². The highest BCUT2D eigenvalue weighted by Gasteiger charge is 2.55. The van der Waals surface area contributed by atoms with Gasteiger partial charge in [-0.05, 0) is 49.8 Å². The molecule has 3 amide bonds. The molecule has 0 spiro atoms. The van der Waals surface area contributed by atoms with Crippen LogP contribution in [0.15, 0.2) is 189 Å². The van der Waals surface area contributed by atoms with Crippen LogP contribution in [0.5, 0.6) is 0 Å². The number of benzene rings is 5. The number of carbonyl (C=O) groups is 4. The fourth-order valence-corrected chi connectivity index (χ4v) is 10.8. The smallest absolute Gasteiger partial charge is 0.413 e. The number of hydrogen-bond acceptors (Lipinski definition) is 14. The second kappa shape index (κ2) is 21.9. The molecule has 2 atom stereocenters. The quantitative estimate of drug-likeness (QED) is 0.0210. The van der Waals surface area contributed by atoms with Gasteiger partial charge in [0.25, 0.3) is 11.8 Å². The van der Waals surface area contributed by atoms with Crippen LogP contribution in [0.4, 0.5) is 9.93 Å². The van der Waals surface area contributed by atoms with Crippen molar-refractivity contribution in [3.63, 3.8) is 0 Å². The van der Waals surface area contributed by atoms with Crippen LogP contribution < -0.4 is 10.6 Å². The van der Waals surface area contributed by atoms with Gasteiger partial charge >= 0.3 is 12.1 Å². The minimum absolute atomic E-state index is 0.0269. The Kier molecular flexibility index (Phi) is 15.3. The van der Waals surface area contributed by atoms with Crippen molar-refractivity contribution in [2.45, 2.75) is 56.4 Å². The molecule has 0 bridgehead atoms. The first-order valence-corrected chi connectivity index (χ1v) is 24.9. The molecular weight excluding hydrogens is 945 g/mol. The highest BCUT2D eigenvalue weighted by molar-refractivity contribution is 8.08. The largest absolute Gasteiger partial charge is 0.448 e. The SMILES string of the molecule is CC(C=NO)=CSC1=C(C(=O)OC(c2ccccc2)c2ccccc2)N2C(=O)C(NC(=O)/C(=N\OC(c3ccccc3)(c3ccccc3)c3ccccc3)c3csc(NC(=O)OC(C)(C)C)n3)[C@H]2SC1. The summed E-state index contributed by atoms with van der Waals surface area (Å²) in [7, 11) is 0. The van der Waals surface area contributed by atoms with Crippen molar-refractivity contribution >= 4 is 75.8 Å². The average Bonchev–Trinajstić information content (AvgIpc) is 3.83. The van der Waals surface area contributed by atoms with Gasteiger partial charge in [0.2, 0.25) is 5.60 Å². The average molecular weight is 993 g/mol. The standard InChI is InChI=1S/C53H48N6O8S3/c1-34(30-54-64)31-68-41-33-69-48-43(47(61)59(48)44(41)49(62)65-45(35-20-10-5-11-21-35)36-22-12-6-13-23-36)56-46(60)42(40-32-70-50(55-40)57-51(63)66-52(2,3)4)58-67-53(37-24-14-7-15-25-37,38-26-16-8-17-27-38)39-28-18-9-19-29-39/h5-32,43,45,48,64H,33H2,1-4H3,(H,56,60)(H,55,57,63)/b34-31?,54-30?,58-42-/t43?,48-/m1/s1. The zero-order chi connectivity index (χ0) is 49.3. The molecule has 1 aromatic heterocycles. The molecule has 17 heteroatoms. The Morgan fingerprint density at radius 1 is 0.829 bits per heavy atom. The highest BCUT2D eigenvalue weighted by atomic mass is 32.2. The number of nitrogens with one attached hydrogen (secondary N) is 2. The van der Waals surface area contributed by atoms with Crippen molar-refractivity contribution < 1.29 is 38.7 Å². The molecule has 356 valence electrons. The number of nitrogens with zero attached hydrogens (tertiary/aromatic N) is 4. The first-order valence-electron chi connectivity index (χ1n) is 22.1. The Morgan fingerprint density at radius 2 is 1.36 bits per heavy atom. The lowest BCUT2D eigenvalue weighted by atomic mass is 9.80. The zero-order valence-corrected chi connectivity index (χ0v) is 40.9. The van der Waals surface area contributed by atoms with Crippen molar-refractivity contribution in [2.24, 2.45) is 10.3 Å². The van der Waals surface area contributed by atoms with Gasteiger partial charge in [0.1, 0.15) is 28.4 Å². The summed E-state index contributed by atoms with van der Waals surface area (Å²) < 4.78 is 11.8. The number of anilines is 1. The second-order valence-corrected chi connectivity index (χ2v) is 19.9. The van der Waals surface area contributed by atoms with Gasteiger partial charge < -0.3 is 24.8 Å². The van der Waals surface area contributed by atoms with E-state index < -0.39 is 52.6 Å². The van der Waals surface area contributed by atoms with Gasteiger partial charge in [0.15, 0.2) is 16.9 Å². The Hall–Kier alpha value is -7.47. The first kappa shape index (κ1) is 49.0. The van der Waals surface area contributed by atoms with Crippen LogP contribution in [0.2, 0.25) is 0 Å². The summed E-state index contributed by atoms with van der Waals surface area (Å²) in [5.41, 5.74) is 1.77. The molecule has 3 N–H and O–H groups in total. The molecule has 6 aromatic rings. The number of allylic oxidation sites excluding steroid dienone is 1. The maximum atomic E-state index is 14.9. The van der Waals surface area contributed by atoms with E-state index in [9.17, 15) is 19.2 Å². The lowest BCUT2D eigenvalue weighted by Crippen LogP contribution is -2.71. The molecular formula is C53H48N6O8S3. The van der Waals surface area contributed by atoms with Gasteiger partial charge in [0.05, 0.1) is 6.21 Å². The van der Waals surface area contributed by atoms with E-state index in [4.69, 9.17) is 19.5 Å². The number of thioether (sulfide) groups is 2. The molecule has 5 aromatic carbocycles. The summed E-state index contributed by atoms with van der Waals surface area (Å²) in [5.74, 6) is -1.85. The maximum absolute atomic E-state index is 14.9. The minimum Gasteiger partial charge on any atom is -0.448 e. The first-order chi connectivity index (χ1) is 33.9. The number of β-lactam (4-membered cyclic amide) rings is 1.